The molecule has 6 heteroatoms. The maximum absolute atomic E-state index is 6.27. The maximum atomic E-state index is 6.27. The van der Waals surface area contributed by atoms with E-state index in [1.807, 2.05) is 36.7 Å². The highest BCUT2D eigenvalue weighted by Gasteiger charge is 2.35. The van der Waals surface area contributed by atoms with Crippen molar-refractivity contribution in [2.45, 2.75) is 29.3 Å². The Bertz CT molecular complexity index is 810. The number of nitrogens with one attached hydrogen (secondary N) is 1. The number of aromatic nitrogens is 3. The summed E-state index contributed by atoms with van der Waals surface area (Å²) >= 11 is 7.96. The average Bonchev–Trinajstić information content (AvgIpc) is 3.21. The highest BCUT2D eigenvalue weighted by molar-refractivity contribution is 8.00. The van der Waals surface area contributed by atoms with Crippen molar-refractivity contribution in [3.05, 3.63) is 77.1 Å². The predicted molar refractivity (Wildman–Crippen MR) is 95.2 cm³/mol. The van der Waals surface area contributed by atoms with Crippen LogP contribution in [0.2, 0.25) is 5.02 Å². The van der Waals surface area contributed by atoms with E-state index in [9.17, 15) is 0 Å². The van der Waals surface area contributed by atoms with Crippen LogP contribution >= 0.6 is 23.4 Å². The molecule has 0 spiro atoms. The number of halogens is 1. The van der Waals surface area contributed by atoms with Gasteiger partial charge in [0.25, 0.3) is 0 Å². The summed E-state index contributed by atoms with van der Waals surface area (Å²) in [5.74, 6) is 0.974. The molecule has 0 fully saturated rings. The summed E-state index contributed by atoms with van der Waals surface area (Å²) in [6.07, 6.45) is 8.07. The van der Waals surface area contributed by atoms with Gasteiger partial charge in [-0.15, -0.1) is 11.8 Å². The molecule has 0 amide bonds. The van der Waals surface area contributed by atoms with Crippen molar-refractivity contribution >= 4 is 23.4 Å². The van der Waals surface area contributed by atoms with Crippen LogP contribution in [0, 0.1) is 0 Å². The molecule has 0 bridgehead atoms. The van der Waals surface area contributed by atoms with Gasteiger partial charge in [-0.1, -0.05) is 23.7 Å². The fraction of sp³-hybridized carbons (Fsp3) is 0.222. The molecule has 2 atom stereocenters. The second-order valence-corrected chi connectivity index (χ2v) is 7.39. The first-order valence-corrected chi connectivity index (χ1v) is 9.00. The van der Waals surface area contributed by atoms with E-state index >= 15 is 0 Å². The van der Waals surface area contributed by atoms with Gasteiger partial charge in [-0.25, -0.2) is 4.98 Å². The summed E-state index contributed by atoms with van der Waals surface area (Å²) < 4.78 is 6.27. The SMILES string of the molecule is Clc1ccc2c(c1)SC(Cc1ncc[nH]1)C2OCc1cccnc1. The van der Waals surface area contributed by atoms with E-state index < -0.39 is 0 Å². The molecule has 24 heavy (non-hydrogen) atoms. The van der Waals surface area contributed by atoms with Crippen molar-refractivity contribution in [3.63, 3.8) is 0 Å². The smallest absolute Gasteiger partial charge is 0.107 e. The van der Waals surface area contributed by atoms with Crippen LogP contribution in [0.1, 0.15) is 23.1 Å². The van der Waals surface area contributed by atoms with Gasteiger partial charge in [0.15, 0.2) is 0 Å². The van der Waals surface area contributed by atoms with Gasteiger partial charge in [-0.2, -0.15) is 0 Å². The standard InChI is InChI=1S/C18H16ClN3OS/c19-13-3-4-14-15(8-13)24-16(9-17-21-6-7-22-17)18(14)23-11-12-2-1-5-20-10-12/h1-8,10,16,18H,9,11H2,(H,21,22). The Balaban J connectivity index is 1.56. The number of hydrogen-bond acceptors (Lipinski definition) is 4. The first kappa shape index (κ1) is 15.7. The van der Waals surface area contributed by atoms with Crippen molar-refractivity contribution in [2.24, 2.45) is 0 Å². The Kier molecular flexibility index (Phi) is 4.56. The predicted octanol–water partition coefficient (Wildman–Crippen LogP) is 4.43. The third-order valence-corrected chi connectivity index (χ3v) is 5.56. The van der Waals surface area contributed by atoms with E-state index in [2.05, 4.69) is 21.0 Å². The topological polar surface area (TPSA) is 50.8 Å². The van der Waals surface area contributed by atoms with Gasteiger partial charge in [0.2, 0.25) is 0 Å². The molecule has 0 radical (unpaired) electrons. The number of H-pyrrole nitrogens is 1. The molecule has 1 aliphatic rings. The van der Waals surface area contributed by atoms with E-state index in [4.69, 9.17) is 16.3 Å². The lowest BCUT2D eigenvalue weighted by atomic mass is 10.0. The molecule has 1 aromatic carbocycles. The third-order valence-electron chi connectivity index (χ3n) is 4.00. The van der Waals surface area contributed by atoms with Crippen LogP contribution in [0.15, 0.2) is 60.0 Å². The van der Waals surface area contributed by atoms with Crippen molar-refractivity contribution < 1.29 is 4.74 Å². The number of rotatable bonds is 5. The Morgan fingerprint density at radius 2 is 2.21 bits per heavy atom. The fourth-order valence-electron chi connectivity index (χ4n) is 2.89. The largest absolute Gasteiger partial charge is 0.368 e. The molecule has 3 aromatic rings. The molecule has 0 saturated carbocycles. The van der Waals surface area contributed by atoms with Crippen molar-refractivity contribution in [2.75, 3.05) is 0 Å². The van der Waals surface area contributed by atoms with E-state index in [1.54, 1.807) is 24.2 Å². The average molecular weight is 358 g/mol. The summed E-state index contributed by atoms with van der Waals surface area (Å²) in [7, 11) is 0. The lowest BCUT2D eigenvalue weighted by molar-refractivity contribution is 0.0390. The zero-order valence-corrected chi connectivity index (χ0v) is 14.4. The van der Waals surface area contributed by atoms with Crippen molar-refractivity contribution in [1.29, 1.82) is 0 Å². The molecule has 0 aliphatic carbocycles. The van der Waals surface area contributed by atoms with Crippen LogP contribution in [0.25, 0.3) is 0 Å². The van der Waals surface area contributed by atoms with Gasteiger partial charge < -0.3 is 9.72 Å². The molecular weight excluding hydrogens is 342 g/mol. The number of ether oxygens (including phenoxy) is 1. The molecule has 3 heterocycles. The molecule has 122 valence electrons. The van der Waals surface area contributed by atoms with E-state index in [0.717, 1.165) is 22.8 Å². The summed E-state index contributed by atoms with van der Waals surface area (Å²) in [6, 6.07) is 9.97. The second kappa shape index (κ2) is 6.97. The molecule has 4 rings (SSSR count). The molecular formula is C18H16ClN3OS. The zero-order chi connectivity index (χ0) is 16.4. The van der Waals surface area contributed by atoms with Gasteiger partial charge in [0.1, 0.15) is 5.82 Å². The summed E-state index contributed by atoms with van der Waals surface area (Å²) in [5.41, 5.74) is 2.27. The summed E-state index contributed by atoms with van der Waals surface area (Å²) in [5, 5.41) is 1.02. The third kappa shape index (κ3) is 3.34. The zero-order valence-electron chi connectivity index (χ0n) is 12.9. The van der Waals surface area contributed by atoms with Gasteiger partial charge in [0, 0.05) is 46.4 Å². The first-order valence-electron chi connectivity index (χ1n) is 7.74. The Hall–Kier alpha value is -1.82. The Labute approximate surface area is 149 Å². The van der Waals surface area contributed by atoms with E-state index in [0.29, 0.717) is 6.61 Å². The lowest BCUT2D eigenvalue weighted by Gasteiger charge is -2.19. The van der Waals surface area contributed by atoms with Crippen LogP contribution < -0.4 is 0 Å². The maximum Gasteiger partial charge on any atom is 0.107 e. The lowest BCUT2D eigenvalue weighted by Crippen LogP contribution is -2.17. The molecule has 1 N–H and O–H groups in total. The molecule has 2 unspecified atom stereocenters. The summed E-state index contributed by atoms with van der Waals surface area (Å²) in [4.78, 5) is 12.9. The van der Waals surface area contributed by atoms with Crippen LogP contribution in [-0.2, 0) is 17.8 Å². The number of hydrogen-bond donors (Lipinski definition) is 1. The van der Waals surface area contributed by atoms with E-state index in [1.165, 1.54) is 10.5 Å². The van der Waals surface area contributed by atoms with Gasteiger partial charge in [-0.05, 0) is 29.3 Å². The van der Waals surface area contributed by atoms with Crippen LogP contribution in [0.5, 0.6) is 0 Å². The number of thioether (sulfide) groups is 1. The molecule has 1 aliphatic heterocycles. The van der Waals surface area contributed by atoms with Crippen molar-refractivity contribution in [1.82, 2.24) is 15.0 Å². The number of pyridine rings is 1. The quantitative estimate of drug-likeness (QED) is 0.733. The number of benzene rings is 1. The van der Waals surface area contributed by atoms with Crippen molar-refractivity contribution in [3.8, 4) is 0 Å². The molecule has 4 nitrogen and oxygen atoms in total. The number of imidazole rings is 1. The fourth-order valence-corrected chi connectivity index (χ4v) is 4.55. The van der Waals surface area contributed by atoms with Crippen LogP contribution in [-0.4, -0.2) is 20.2 Å². The number of nitrogens with zero attached hydrogens (tertiary/aromatic N) is 2. The van der Waals surface area contributed by atoms with Crippen LogP contribution in [0.3, 0.4) is 0 Å². The first-order chi connectivity index (χ1) is 11.8. The minimum atomic E-state index is 0.00701. The number of aromatic amines is 1. The van der Waals surface area contributed by atoms with Crippen LogP contribution in [0.4, 0.5) is 0 Å². The Morgan fingerprint density at radius 3 is 3.00 bits per heavy atom. The minimum Gasteiger partial charge on any atom is -0.368 e. The molecule has 2 aromatic heterocycles. The van der Waals surface area contributed by atoms with Gasteiger partial charge >= 0.3 is 0 Å². The molecule has 0 saturated heterocycles. The van der Waals surface area contributed by atoms with Gasteiger partial charge in [0.05, 0.1) is 12.7 Å². The minimum absolute atomic E-state index is 0.00701. The van der Waals surface area contributed by atoms with Gasteiger partial charge in [-0.3, -0.25) is 4.98 Å². The number of fused-ring (bicyclic) bond motifs is 1. The monoisotopic (exact) mass is 357 g/mol. The summed E-state index contributed by atoms with van der Waals surface area (Å²) in [6.45, 7) is 0.537. The normalized spacial score (nSPS) is 19.4. The Morgan fingerprint density at radius 1 is 1.25 bits per heavy atom. The van der Waals surface area contributed by atoms with E-state index in [-0.39, 0.29) is 11.4 Å². The second-order valence-electron chi connectivity index (χ2n) is 5.67. The highest BCUT2D eigenvalue weighted by Crippen LogP contribution is 2.48. The highest BCUT2D eigenvalue weighted by atomic mass is 35.5.